The van der Waals surface area contributed by atoms with Crippen molar-refractivity contribution in [2.75, 3.05) is 6.54 Å². The smallest absolute Gasteiger partial charge is 0.261 e. The molecule has 3 saturated heterocycles. The number of carbonyl (C=O) groups is 2. The zero-order chi connectivity index (χ0) is 22.4. The fraction of sp³-hybridized carbons (Fsp3) is 0.259. The highest BCUT2D eigenvalue weighted by Gasteiger charge is 2.74. The van der Waals surface area contributed by atoms with Crippen LogP contribution in [-0.4, -0.2) is 46.2 Å². The fourth-order valence-electron chi connectivity index (χ4n) is 5.26. The second-order valence-electron chi connectivity index (χ2n) is 8.79. The Balaban J connectivity index is 1.34. The third-order valence-electron chi connectivity index (χ3n) is 6.75. The van der Waals surface area contributed by atoms with Crippen LogP contribution in [-0.2, 0) is 32.2 Å². The van der Waals surface area contributed by atoms with E-state index in [1.54, 1.807) is 9.80 Å². The lowest BCUT2D eigenvalue weighted by Gasteiger charge is -2.54. The maximum atomic E-state index is 13.7. The SMILES string of the molecule is O=C1[C@@H]2O[C@H](CN1Cc1ccccc1)O[C@]21C(=O)N(Cc2ccccc2)[C@@H]1c1ccccc1. The van der Waals surface area contributed by atoms with E-state index in [1.165, 1.54) is 0 Å². The zero-order valence-electron chi connectivity index (χ0n) is 18.0. The molecular weight excluding hydrogens is 416 g/mol. The van der Waals surface area contributed by atoms with Gasteiger partial charge in [-0.15, -0.1) is 0 Å². The summed E-state index contributed by atoms with van der Waals surface area (Å²) >= 11 is 0. The summed E-state index contributed by atoms with van der Waals surface area (Å²) in [6.07, 6.45) is -1.57. The quantitative estimate of drug-likeness (QED) is 0.572. The van der Waals surface area contributed by atoms with Crippen molar-refractivity contribution in [3.63, 3.8) is 0 Å². The van der Waals surface area contributed by atoms with Crippen LogP contribution in [0.15, 0.2) is 91.0 Å². The number of morpholine rings is 1. The lowest BCUT2D eigenvalue weighted by atomic mass is 9.73. The summed E-state index contributed by atoms with van der Waals surface area (Å²) in [6, 6.07) is 29.1. The molecule has 0 unspecified atom stereocenters. The van der Waals surface area contributed by atoms with Crippen LogP contribution in [0.4, 0.5) is 0 Å². The van der Waals surface area contributed by atoms with Gasteiger partial charge in [0.1, 0.15) is 0 Å². The number of hydrogen-bond donors (Lipinski definition) is 0. The van der Waals surface area contributed by atoms with E-state index in [0.29, 0.717) is 19.6 Å². The Kier molecular flexibility index (Phi) is 4.78. The second-order valence-corrected chi connectivity index (χ2v) is 8.79. The van der Waals surface area contributed by atoms with Crippen molar-refractivity contribution >= 4 is 11.8 Å². The van der Waals surface area contributed by atoms with E-state index in [2.05, 4.69) is 0 Å². The van der Waals surface area contributed by atoms with Crippen LogP contribution >= 0.6 is 0 Å². The fourth-order valence-corrected chi connectivity index (χ4v) is 5.26. The summed E-state index contributed by atoms with van der Waals surface area (Å²) in [5.74, 6) is -0.385. The first-order valence-corrected chi connectivity index (χ1v) is 11.2. The Labute approximate surface area is 192 Å². The normalized spacial score (nSPS) is 28.3. The van der Waals surface area contributed by atoms with Gasteiger partial charge in [0.25, 0.3) is 11.8 Å². The molecule has 3 aliphatic rings. The summed E-state index contributed by atoms with van der Waals surface area (Å²) < 4.78 is 12.3. The van der Waals surface area contributed by atoms with Crippen LogP contribution < -0.4 is 0 Å². The van der Waals surface area contributed by atoms with Gasteiger partial charge < -0.3 is 19.3 Å². The summed E-state index contributed by atoms with van der Waals surface area (Å²) in [5, 5.41) is 0. The molecule has 2 bridgehead atoms. The molecule has 0 saturated carbocycles. The highest BCUT2D eigenvalue weighted by Crippen LogP contribution is 2.54. The molecule has 3 fully saturated rings. The average Bonchev–Trinajstić information content (AvgIpc) is 3.20. The van der Waals surface area contributed by atoms with Crippen molar-refractivity contribution in [1.82, 2.24) is 9.80 Å². The molecule has 3 aromatic rings. The largest absolute Gasteiger partial charge is 0.334 e. The molecule has 3 aromatic carbocycles. The molecule has 166 valence electrons. The van der Waals surface area contributed by atoms with Crippen molar-refractivity contribution < 1.29 is 19.1 Å². The third kappa shape index (κ3) is 3.17. The predicted octanol–water partition coefficient (Wildman–Crippen LogP) is 3.29. The number of hydrogen-bond acceptors (Lipinski definition) is 4. The van der Waals surface area contributed by atoms with Crippen LogP contribution in [0.3, 0.4) is 0 Å². The molecule has 1 spiro atoms. The Morgan fingerprint density at radius 2 is 1.36 bits per heavy atom. The molecule has 0 radical (unpaired) electrons. The highest BCUT2D eigenvalue weighted by atomic mass is 16.8. The van der Waals surface area contributed by atoms with E-state index < -0.39 is 24.0 Å². The first-order chi connectivity index (χ1) is 16.2. The summed E-state index contributed by atoms with van der Waals surface area (Å²) in [6.45, 7) is 1.22. The lowest BCUT2D eigenvalue weighted by molar-refractivity contribution is -0.205. The molecule has 6 nitrogen and oxygen atoms in total. The van der Waals surface area contributed by atoms with Crippen LogP contribution in [0, 0.1) is 0 Å². The van der Waals surface area contributed by atoms with E-state index in [-0.39, 0.29) is 11.8 Å². The van der Waals surface area contributed by atoms with E-state index in [9.17, 15) is 9.59 Å². The number of fused-ring (bicyclic) bond motifs is 3. The number of carbonyl (C=O) groups excluding carboxylic acids is 2. The summed E-state index contributed by atoms with van der Waals surface area (Å²) in [4.78, 5) is 30.8. The number of rotatable bonds is 5. The Hall–Kier alpha value is -3.48. The number of nitrogens with zero attached hydrogens (tertiary/aromatic N) is 2. The Morgan fingerprint density at radius 3 is 2.00 bits per heavy atom. The molecule has 0 aromatic heterocycles. The minimum atomic E-state index is -1.33. The molecule has 6 rings (SSSR count). The van der Waals surface area contributed by atoms with Gasteiger partial charge in [0.05, 0.1) is 12.6 Å². The van der Waals surface area contributed by atoms with Gasteiger partial charge in [0, 0.05) is 13.1 Å². The van der Waals surface area contributed by atoms with Gasteiger partial charge in [-0.2, -0.15) is 0 Å². The molecule has 3 heterocycles. The van der Waals surface area contributed by atoms with Gasteiger partial charge in [-0.05, 0) is 16.7 Å². The van der Waals surface area contributed by atoms with Crippen molar-refractivity contribution in [2.45, 2.75) is 37.1 Å². The maximum absolute atomic E-state index is 13.7. The van der Waals surface area contributed by atoms with Gasteiger partial charge in [-0.3, -0.25) is 9.59 Å². The molecule has 3 aliphatic heterocycles. The van der Waals surface area contributed by atoms with E-state index in [1.807, 2.05) is 91.0 Å². The molecule has 2 amide bonds. The van der Waals surface area contributed by atoms with E-state index >= 15 is 0 Å². The van der Waals surface area contributed by atoms with Crippen molar-refractivity contribution in [1.29, 1.82) is 0 Å². The van der Waals surface area contributed by atoms with Crippen LogP contribution in [0.2, 0.25) is 0 Å². The topological polar surface area (TPSA) is 59.1 Å². The number of likely N-dealkylation sites (tertiary alicyclic amines) is 1. The third-order valence-corrected chi connectivity index (χ3v) is 6.75. The van der Waals surface area contributed by atoms with E-state index in [4.69, 9.17) is 9.47 Å². The monoisotopic (exact) mass is 440 g/mol. The first-order valence-electron chi connectivity index (χ1n) is 11.2. The number of amides is 2. The molecule has 6 heteroatoms. The number of β-lactam (4-membered cyclic amide) rings is 1. The van der Waals surface area contributed by atoms with Crippen molar-refractivity contribution in [3.8, 4) is 0 Å². The minimum Gasteiger partial charge on any atom is -0.334 e. The lowest BCUT2D eigenvalue weighted by Crippen LogP contribution is -2.73. The van der Waals surface area contributed by atoms with Gasteiger partial charge in [0.2, 0.25) is 5.60 Å². The minimum absolute atomic E-state index is 0.192. The van der Waals surface area contributed by atoms with Crippen molar-refractivity contribution in [3.05, 3.63) is 108 Å². The first kappa shape index (κ1) is 20.1. The number of ether oxygens (including phenoxy) is 2. The molecule has 0 N–H and O–H groups in total. The van der Waals surface area contributed by atoms with Gasteiger partial charge >= 0.3 is 0 Å². The van der Waals surface area contributed by atoms with E-state index in [0.717, 1.165) is 16.7 Å². The van der Waals surface area contributed by atoms with Crippen LogP contribution in [0.1, 0.15) is 22.7 Å². The second kappa shape index (κ2) is 7.83. The van der Waals surface area contributed by atoms with Gasteiger partial charge in [0.15, 0.2) is 12.4 Å². The van der Waals surface area contributed by atoms with Crippen LogP contribution in [0.5, 0.6) is 0 Å². The molecule has 4 atom stereocenters. The summed E-state index contributed by atoms with van der Waals surface area (Å²) in [5.41, 5.74) is 1.67. The summed E-state index contributed by atoms with van der Waals surface area (Å²) in [7, 11) is 0. The predicted molar refractivity (Wildman–Crippen MR) is 121 cm³/mol. The average molecular weight is 440 g/mol. The zero-order valence-corrected chi connectivity index (χ0v) is 18.0. The molecule has 0 aliphatic carbocycles. The van der Waals surface area contributed by atoms with Crippen LogP contribution in [0.25, 0.3) is 0 Å². The maximum Gasteiger partial charge on any atom is 0.261 e. The van der Waals surface area contributed by atoms with Gasteiger partial charge in [-0.25, -0.2) is 0 Å². The standard InChI is InChI=1S/C27H24N2O4/c30-25-24-27(33-22(32-24)18-28(25)16-19-10-4-1-5-11-19)23(21-14-8-3-9-15-21)29(26(27)31)17-20-12-6-2-7-13-20/h1-15,22-24H,16-18H2/t22-,23+,24-,27-/m0/s1. The Bertz CT molecular complexity index is 1170. The van der Waals surface area contributed by atoms with Gasteiger partial charge in [-0.1, -0.05) is 91.0 Å². The molecule has 33 heavy (non-hydrogen) atoms. The number of benzene rings is 3. The van der Waals surface area contributed by atoms with Crippen molar-refractivity contribution in [2.24, 2.45) is 0 Å². The molecular formula is C27H24N2O4. The Morgan fingerprint density at radius 1 is 0.788 bits per heavy atom. The highest BCUT2D eigenvalue weighted by molar-refractivity contribution is 6.01.